The largest absolute Gasteiger partial charge is 0.278 e. The lowest BCUT2D eigenvalue weighted by Gasteiger charge is -2.17. The molecule has 0 radical (unpaired) electrons. The van der Waals surface area contributed by atoms with Gasteiger partial charge >= 0.3 is 0 Å². The Kier molecular flexibility index (Phi) is 2.94. The van der Waals surface area contributed by atoms with Crippen molar-refractivity contribution in [1.82, 2.24) is 14.0 Å². The number of para-hydroxylation sites is 3. The van der Waals surface area contributed by atoms with Crippen LogP contribution in [-0.2, 0) is 0 Å². The molecule has 0 N–H and O–H groups in total. The summed E-state index contributed by atoms with van der Waals surface area (Å²) in [7, 11) is 0. The van der Waals surface area contributed by atoms with E-state index in [1.54, 1.807) is 0 Å². The molecule has 4 heteroatoms. The van der Waals surface area contributed by atoms with E-state index in [1.807, 2.05) is 30.3 Å². The predicted molar refractivity (Wildman–Crippen MR) is 112 cm³/mol. The highest BCUT2D eigenvalue weighted by Gasteiger charge is 2.17. The zero-order valence-corrected chi connectivity index (χ0v) is 15.1. The highest BCUT2D eigenvalue weighted by Crippen LogP contribution is 2.34. The fourth-order valence-corrected chi connectivity index (χ4v) is 4.27. The Morgan fingerprint density at radius 1 is 0.667 bits per heavy atom. The molecule has 6 rings (SSSR count). The van der Waals surface area contributed by atoms with E-state index in [-0.39, 0.29) is 0 Å². The molecule has 0 aliphatic rings. The second-order valence-electron chi connectivity index (χ2n) is 6.68. The van der Waals surface area contributed by atoms with E-state index >= 15 is 0 Å². The zero-order valence-electron chi connectivity index (χ0n) is 14.3. The fourth-order valence-electron chi connectivity index (χ4n) is 4.05. The first kappa shape index (κ1) is 14.8. The summed E-state index contributed by atoms with van der Waals surface area (Å²) in [6, 6.07) is 29.0. The highest BCUT2D eigenvalue weighted by atomic mass is 35.5. The Labute approximate surface area is 160 Å². The first-order valence-corrected chi connectivity index (χ1v) is 9.25. The summed E-state index contributed by atoms with van der Waals surface area (Å²) < 4.78 is 4.39. The van der Waals surface area contributed by atoms with Crippen molar-refractivity contribution < 1.29 is 0 Å². The lowest BCUT2D eigenvalue weighted by Crippen LogP contribution is -2.06. The first-order chi connectivity index (χ1) is 13.3. The molecule has 0 aliphatic carbocycles. The normalized spacial score (nSPS) is 11.9. The number of rotatable bonds is 1. The van der Waals surface area contributed by atoms with Gasteiger partial charge in [-0.2, -0.15) is 0 Å². The van der Waals surface area contributed by atoms with Gasteiger partial charge in [0.15, 0.2) is 0 Å². The fraction of sp³-hybridized carbons (Fsp3) is 0. The van der Waals surface area contributed by atoms with Gasteiger partial charge in [0.1, 0.15) is 0 Å². The van der Waals surface area contributed by atoms with Crippen LogP contribution in [0, 0.1) is 0 Å². The summed E-state index contributed by atoms with van der Waals surface area (Å²) in [6.45, 7) is 0. The van der Waals surface area contributed by atoms with Gasteiger partial charge in [-0.1, -0.05) is 60.1 Å². The van der Waals surface area contributed by atoms with Crippen molar-refractivity contribution in [3.63, 3.8) is 0 Å². The van der Waals surface area contributed by atoms with Crippen molar-refractivity contribution >= 4 is 50.2 Å². The molecule has 6 aromatic rings. The predicted octanol–water partition coefficient (Wildman–Crippen LogP) is 6.24. The minimum Gasteiger partial charge on any atom is -0.278 e. The van der Waals surface area contributed by atoms with Crippen LogP contribution in [0.2, 0.25) is 5.02 Å². The molecule has 27 heavy (non-hydrogen) atoms. The first-order valence-electron chi connectivity index (χ1n) is 8.87. The van der Waals surface area contributed by atoms with Crippen LogP contribution < -0.4 is 0 Å². The standard InChI is InChI=1S/C23H14ClN3/c24-16-9-1-3-11-18(16)26-20-13-5-7-15-8-6-14-21(22(15)20)27-19-12-4-2-10-17(19)25-23(26)27/h1-14H. The van der Waals surface area contributed by atoms with Gasteiger partial charge in [-0.15, -0.1) is 0 Å². The lowest BCUT2D eigenvalue weighted by molar-refractivity contribution is 1.06. The third-order valence-electron chi connectivity index (χ3n) is 5.18. The van der Waals surface area contributed by atoms with E-state index in [0.717, 1.165) is 33.5 Å². The van der Waals surface area contributed by atoms with E-state index in [1.165, 1.54) is 10.8 Å². The second kappa shape index (κ2) is 5.35. The van der Waals surface area contributed by atoms with Crippen LogP contribution in [0.1, 0.15) is 0 Å². The molecule has 0 aliphatic heterocycles. The van der Waals surface area contributed by atoms with Crippen LogP contribution in [0.15, 0.2) is 84.9 Å². The molecular formula is C23H14ClN3. The number of hydrogen-bond donors (Lipinski definition) is 0. The van der Waals surface area contributed by atoms with Crippen LogP contribution >= 0.6 is 11.6 Å². The van der Waals surface area contributed by atoms with Crippen LogP contribution in [0.3, 0.4) is 0 Å². The molecule has 0 saturated carbocycles. The summed E-state index contributed by atoms with van der Waals surface area (Å²) in [5, 5.41) is 3.11. The Hall–Kier alpha value is -3.30. The highest BCUT2D eigenvalue weighted by molar-refractivity contribution is 6.32. The molecular weight excluding hydrogens is 354 g/mol. The summed E-state index contributed by atoms with van der Waals surface area (Å²) in [4.78, 5) is 4.97. The van der Waals surface area contributed by atoms with Gasteiger partial charge in [-0.25, -0.2) is 4.98 Å². The maximum Gasteiger partial charge on any atom is 0.220 e. The van der Waals surface area contributed by atoms with Crippen molar-refractivity contribution in [2.75, 3.05) is 0 Å². The average molecular weight is 368 g/mol. The van der Waals surface area contributed by atoms with Crippen LogP contribution in [0.5, 0.6) is 0 Å². The number of hydrogen-bond acceptors (Lipinski definition) is 1. The van der Waals surface area contributed by atoms with Crippen LogP contribution in [-0.4, -0.2) is 14.0 Å². The van der Waals surface area contributed by atoms with Crippen LogP contribution in [0.25, 0.3) is 44.3 Å². The molecule has 0 amide bonds. The molecule has 0 fully saturated rings. The molecule has 0 atom stereocenters. The number of benzene rings is 4. The molecule has 128 valence electrons. The maximum absolute atomic E-state index is 6.61. The van der Waals surface area contributed by atoms with Crippen molar-refractivity contribution in [2.24, 2.45) is 0 Å². The molecule has 3 nitrogen and oxygen atoms in total. The summed E-state index contributed by atoms with van der Waals surface area (Å²) in [5.41, 5.74) is 5.23. The van der Waals surface area contributed by atoms with Gasteiger partial charge in [-0.3, -0.25) is 8.97 Å². The average Bonchev–Trinajstić information content (AvgIpc) is 3.09. The Balaban J connectivity index is 2.00. The monoisotopic (exact) mass is 367 g/mol. The maximum atomic E-state index is 6.61. The van der Waals surface area contributed by atoms with Gasteiger partial charge < -0.3 is 0 Å². The van der Waals surface area contributed by atoms with Gasteiger partial charge in [0.25, 0.3) is 0 Å². The summed E-state index contributed by atoms with van der Waals surface area (Å²) in [6.07, 6.45) is 0. The summed E-state index contributed by atoms with van der Waals surface area (Å²) >= 11 is 6.61. The Bertz CT molecular complexity index is 1480. The molecule has 2 aromatic heterocycles. The number of halogens is 1. The topological polar surface area (TPSA) is 22.2 Å². The molecule has 4 aromatic carbocycles. The van der Waals surface area contributed by atoms with Gasteiger partial charge in [-0.05, 0) is 41.8 Å². The minimum atomic E-state index is 0.701. The smallest absolute Gasteiger partial charge is 0.220 e. The van der Waals surface area contributed by atoms with Gasteiger partial charge in [0.2, 0.25) is 5.78 Å². The van der Waals surface area contributed by atoms with Crippen molar-refractivity contribution in [1.29, 1.82) is 0 Å². The van der Waals surface area contributed by atoms with Crippen molar-refractivity contribution in [3.05, 3.63) is 90.0 Å². The zero-order chi connectivity index (χ0) is 18.0. The van der Waals surface area contributed by atoms with E-state index in [9.17, 15) is 0 Å². The Morgan fingerprint density at radius 3 is 2.22 bits per heavy atom. The second-order valence-corrected chi connectivity index (χ2v) is 7.08. The van der Waals surface area contributed by atoms with Gasteiger partial charge in [0, 0.05) is 5.39 Å². The van der Waals surface area contributed by atoms with Gasteiger partial charge in [0.05, 0.1) is 32.8 Å². The number of nitrogens with zero attached hydrogens (tertiary/aromatic N) is 3. The molecule has 0 bridgehead atoms. The van der Waals surface area contributed by atoms with E-state index in [2.05, 4.69) is 63.6 Å². The van der Waals surface area contributed by atoms with E-state index in [0.29, 0.717) is 5.02 Å². The van der Waals surface area contributed by atoms with Crippen LogP contribution in [0.4, 0.5) is 0 Å². The molecule has 0 spiro atoms. The van der Waals surface area contributed by atoms with Crippen molar-refractivity contribution in [3.8, 4) is 5.69 Å². The number of imidazole rings is 1. The number of aromatic nitrogens is 3. The Morgan fingerprint density at radius 2 is 1.37 bits per heavy atom. The third-order valence-corrected chi connectivity index (χ3v) is 5.50. The third kappa shape index (κ3) is 1.95. The SMILES string of the molecule is Clc1ccccc1-n1c2cccc3cccc(c32)n2c3ccccc3nc12. The van der Waals surface area contributed by atoms with E-state index in [4.69, 9.17) is 16.6 Å². The summed E-state index contributed by atoms with van der Waals surface area (Å²) in [5.74, 6) is 0.857. The van der Waals surface area contributed by atoms with E-state index < -0.39 is 0 Å². The molecule has 0 saturated heterocycles. The number of fused-ring (bicyclic) bond motifs is 4. The quantitative estimate of drug-likeness (QED) is 0.337. The molecule has 2 heterocycles. The lowest BCUT2D eigenvalue weighted by atomic mass is 10.1. The van der Waals surface area contributed by atoms with Crippen molar-refractivity contribution in [2.45, 2.75) is 0 Å². The molecule has 0 unspecified atom stereocenters. The minimum absolute atomic E-state index is 0.701.